The molecule has 0 aliphatic carbocycles. The Bertz CT molecular complexity index is 401. The van der Waals surface area contributed by atoms with E-state index < -0.39 is 0 Å². The summed E-state index contributed by atoms with van der Waals surface area (Å²) in [6.45, 7) is 0. The summed E-state index contributed by atoms with van der Waals surface area (Å²) in [5.41, 5.74) is 1.12. The van der Waals surface area contributed by atoms with E-state index in [1.165, 1.54) is 7.11 Å². The summed E-state index contributed by atoms with van der Waals surface area (Å²) in [5.74, 6) is -0.240. The second-order valence-corrected chi connectivity index (χ2v) is 4.66. The minimum atomic E-state index is -0.333. The molecule has 0 fully saturated rings. The fourth-order valence-electron chi connectivity index (χ4n) is 1.44. The highest BCUT2D eigenvalue weighted by Crippen LogP contribution is 2.13. The molecule has 0 saturated heterocycles. The average molecular weight is 299 g/mol. The smallest absolute Gasteiger partial charge is 0.305 e. The van der Waals surface area contributed by atoms with Crippen molar-refractivity contribution in [3.05, 3.63) is 34.3 Å². The van der Waals surface area contributed by atoms with Gasteiger partial charge in [0, 0.05) is 17.3 Å². The minimum Gasteiger partial charge on any atom is -0.469 e. The molecule has 0 aromatic heterocycles. The van der Waals surface area contributed by atoms with E-state index in [9.17, 15) is 9.59 Å². The van der Waals surface area contributed by atoms with Crippen LogP contribution in [-0.4, -0.2) is 18.9 Å². The van der Waals surface area contributed by atoms with Gasteiger partial charge in [-0.3, -0.25) is 9.59 Å². The molecule has 1 aromatic rings. The van der Waals surface area contributed by atoms with Crippen molar-refractivity contribution in [1.82, 2.24) is 0 Å². The number of hydrogen-bond acceptors (Lipinski definition) is 3. The van der Waals surface area contributed by atoms with Gasteiger partial charge in [-0.25, -0.2) is 0 Å². The maximum absolute atomic E-state index is 11.5. The first-order valence-corrected chi connectivity index (χ1v) is 6.24. The Balaban J connectivity index is 2.31. The lowest BCUT2D eigenvalue weighted by Crippen LogP contribution is -2.06. The number of Topliss-reactive ketones (excluding diaryl/α,β-unsaturated/α-hetero) is 1. The predicted octanol–water partition coefficient (Wildman–Crippen LogP) is 2.90. The molecule has 0 spiro atoms. The highest BCUT2D eigenvalue weighted by atomic mass is 79.9. The van der Waals surface area contributed by atoms with E-state index in [-0.39, 0.29) is 24.6 Å². The molecule has 0 N–H and O–H groups in total. The maximum Gasteiger partial charge on any atom is 0.305 e. The largest absolute Gasteiger partial charge is 0.469 e. The van der Waals surface area contributed by atoms with Crippen molar-refractivity contribution in [2.24, 2.45) is 0 Å². The first-order valence-electron chi connectivity index (χ1n) is 5.45. The zero-order valence-corrected chi connectivity index (χ0v) is 11.3. The Hall–Kier alpha value is -1.16. The summed E-state index contributed by atoms with van der Waals surface area (Å²) in [4.78, 5) is 22.4. The summed E-state index contributed by atoms with van der Waals surface area (Å²) in [6, 6.07) is 7.87. The number of rotatable bonds is 6. The van der Waals surface area contributed by atoms with Gasteiger partial charge in [-0.05, 0) is 24.1 Å². The number of aryl methyl sites for hydroxylation is 1. The van der Waals surface area contributed by atoms with Crippen LogP contribution in [0.25, 0.3) is 0 Å². The molecular weight excluding hydrogens is 284 g/mol. The van der Waals surface area contributed by atoms with Crippen LogP contribution in [0.4, 0.5) is 0 Å². The summed E-state index contributed by atoms with van der Waals surface area (Å²) < 4.78 is 5.49. The van der Waals surface area contributed by atoms with Crippen molar-refractivity contribution in [3.63, 3.8) is 0 Å². The minimum absolute atomic E-state index is 0.0929. The molecule has 0 heterocycles. The van der Waals surface area contributed by atoms with Crippen LogP contribution in [0.15, 0.2) is 28.7 Å². The van der Waals surface area contributed by atoms with Gasteiger partial charge in [0.15, 0.2) is 0 Å². The topological polar surface area (TPSA) is 43.4 Å². The number of methoxy groups -OCH3 is 1. The highest BCUT2D eigenvalue weighted by molar-refractivity contribution is 9.10. The standard InChI is InChI=1S/C13H15BrO3/c1-17-13(16)8-7-12(15)6-5-10-3-2-4-11(14)9-10/h2-4,9H,5-8H2,1H3. The third-order valence-corrected chi connectivity index (χ3v) is 2.91. The molecule has 92 valence electrons. The van der Waals surface area contributed by atoms with E-state index >= 15 is 0 Å². The van der Waals surface area contributed by atoms with E-state index in [0.29, 0.717) is 12.8 Å². The lowest BCUT2D eigenvalue weighted by molar-refractivity contribution is -0.141. The van der Waals surface area contributed by atoms with Gasteiger partial charge in [-0.15, -0.1) is 0 Å². The Morgan fingerprint density at radius 2 is 2.00 bits per heavy atom. The molecule has 0 unspecified atom stereocenters. The van der Waals surface area contributed by atoms with Gasteiger partial charge in [0.25, 0.3) is 0 Å². The Kier molecular flexibility index (Phi) is 5.91. The molecule has 0 radical (unpaired) electrons. The first-order chi connectivity index (χ1) is 8.11. The number of carbonyl (C=O) groups excluding carboxylic acids is 2. The van der Waals surface area contributed by atoms with Gasteiger partial charge in [0.05, 0.1) is 13.5 Å². The van der Waals surface area contributed by atoms with E-state index in [1.807, 2.05) is 24.3 Å². The molecule has 1 rings (SSSR count). The van der Waals surface area contributed by atoms with Crippen molar-refractivity contribution >= 4 is 27.7 Å². The number of ether oxygens (including phenoxy) is 1. The van der Waals surface area contributed by atoms with Crippen molar-refractivity contribution in [2.45, 2.75) is 25.7 Å². The SMILES string of the molecule is COC(=O)CCC(=O)CCc1cccc(Br)c1. The van der Waals surface area contributed by atoms with Crippen LogP contribution in [0.1, 0.15) is 24.8 Å². The van der Waals surface area contributed by atoms with Crippen LogP contribution in [0.5, 0.6) is 0 Å². The van der Waals surface area contributed by atoms with Crippen molar-refractivity contribution in [1.29, 1.82) is 0 Å². The van der Waals surface area contributed by atoms with Crippen LogP contribution in [0.3, 0.4) is 0 Å². The lowest BCUT2D eigenvalue weighted by Gasteiger charge is -2.02. The fraction of sp³-hybridized carbons (Fsp3) is 0.385. The molecule has 0 saturated carbocycles. The van der Waals surface area contributed by atoms with E-state index in [4.69, 9.17) is 0 Å². The summed E-state index contributed by atoms with van der Waals surface area (Å²) in [6.07, 6.45) is 1.61. The first kappa shape index (κ1) is 13.9. The second kappa shape index (κ2) is 7.22. The summed E-state index contributed by atoms with van der Waals surface area (Å²) in [7, 11) is 1.33. The van der Waals surface area contributed by atoms with Gasteiger partial charge in [-0.1, -0.05) is 28.1 Å². The Morgan fingerprint density at radius 1 is 1.24 bits per heavy atom. The molecule has 0 atom stereocenters. The van der Waals surface area contributed by atoms with Gasteiger partial charge in [0.2, 0.25) is 0 Å². The van der Waals surface area contributed by atoms with Crippen LogP contribution in [0.2, 0.25) is 0 Å². The number of carbonyl (C=O) groups is 2. The fourth-order valence-corrected chi connectivity index (χ4v) is 1.89. The molecule has 17 heavy (non-hydrogen) atoms. The van der Waals surface area contributed by atoms with Crippen molar-refractivity contribution in [2.75, 3.05) is 7.11 Å². The normalized spacial score (nSPS) is 10.0. The van der Waals surface area contributed by atoms with Gasteiger partial charge in [-0.2, -0.15) is 0 Å². The van der Waals surface area contributed by atoms with Gasteiger partial charge >= 0.3 is 5.97 Å². The lowest BCUT2D eigenvalue weighted by atomic mass is 10.1. The number of halogens is 1. The molecule has 0 aliphatic heterocycles. The number of benzene rings is 1. The summed E-state index contributed by atoms with van der Waals surface area (Å²) in [5, 5.41) is 0. The zero-order chi connectivity index (χ0) is 12.7. The van der Waals surface area contributed by atoms with Crippen molar-refractivity contribution in [3.8, 4) is 0 Å². The van der Waals surface area contributed by atoms with Crippen LogP contribution in [0, 0.1) is 0 Å². The summed E-state index contributed by atoms with van der Waals surface area (Å²) >= 11 is 3.38. The van der Waals surface area contributed by atoms with E-state index in [2.05, 4.69) is 20.7 Å². The molecular formula is C13H15BrO3. The number of ketones is 1. The monoisotopic (exact) mass is 298 g/mol. The quantitative estimate of drug-likeness (QED) is 0.759. The molecule has 0 aliphatic rings. The Labute approximate surface area is 109 Å². The second-order valence-electron chi connectivity index (χ2n) is 3.74. The maximum atomic E-state index is 11.5. The predicted molar refractivity (Wildman–Crippen MR) is 68.7 cm³/mol. The molecule has 1 aromatic carbocycles. The van der Waals surface area contributed by atoms with Gasteiger partial charge < -0.3 is 4.74 Å². The van der Waals surface area contributed by atoms with E-state index in [1.54, 1.807) is 0 Å². The Morgan fingerprint density at radius 3 is 2.65 bits per heavy atom. The molecule has 0 amide bonds. The van der Waals surface area contributed by atoms with Crippen LogP contribution < -0.4 is 0 Å². The third kappa shape index (κ3) is 5.63. The van der Waals surface area contributed by atoms with Crippen LogP contribution in [-0.2, 0) is 20.7 Å². The highest BCUT2D eigenvalue weighted by Gasteiger charge is 2.07. The number of esters is 1. The molecule has 4 heteroatoms. The van der Waals surface area contributed by atoms with Gasteiger partial charge in [0.1, 0.15) is 5.78 Å². The zero-order valence-electron chi connectivity index (χ0n) is 9.74. The molecule has 0 bridgehead atoms. The number of hydrogen-bond donors (Lipinski definition) is 0. The average Bonchev–Trinajstić information content (AvgIpc) is 2.33. The molecule has 3 nitrogen and oxygen atoms in total. The van der Waals surface area contributed by atoms with E-state index in [0.717, 1.165) is 10.0 Å². The van der Waals surface area contributed by atoms with Crippen LogP contribution >= 0.6 is 15.9 Å². The van der Waals surface area contributed by atoms with Crippen molar-refractivity contribution < 1.29 is 14.3 Å². The third-order valence-electron chi connectivity index (χ3n) is 2.42.